The van der Waals surface area contributed by atoms with Gasteiger partial charge in [-0.05, 0) is 23.8 Å². The number of anilines is 2. The molecule has 0 aliphatic rings. The lowest BCUT2D eigenvalue weighted by Crippen LogP contribution is -2.11. The Bertz CT molecular complexity index is 528. The molecule has 2 aromatic heterocycles. The first-order chi connectivity index (χ1) is 8.65. The molecular formula is C13H15FN4. The van der Waals surface area contributed by atoms with E-state index in [-0.39, 0.29) is 0 Å². The first kappa shape index (κ1) is 12.3. The van der Waals surface area contributed by atoms with Crippen molar-refractivity contribution in [2.75, 3.05) is 24.3 Å². The van der Waals surface area contributed by atoms with E-state index in [2.05, 4.69) is 15.3 Å². The summed E-state index contributed by atoms with van der Waals surface area (Å²) in [5.74, 6) is 0.416. The van der Waals surface area contributed by atoms with E-state index < -0.39 is 5.95 Å². The van der Waals surface area contributed by atoms with E-state index in [9.17, 15) is 4.39 Å². The lowest BCUT2D eigenvalue weighted by Gasteiger charge is -2.12. The van der Waals surface area contributed by atoms with Crippen molar-refractivity contribution in [3.05, 3.63) is 48.2 Å². The molecule has 0 aliphatic carbocycles. The Morgan fingerprint density at radius 2 is 1.94 bits per heavy atom. The van der Waals surface area contributed by atoms with Gasteiger partial charge in [0, 0.05) is 44.8 Å². The van der Waals surface area contributed by atoms with Crippen LogP contribution in [-0.2, 0) is 6.54 Å². The van der Waals surface area contributed by atoms with Crippen molar-refractivity contribution in [2.24, 2.45) is 0 Å². The van der Waals surface area contributed by atoms with E-state index in [4.69, 9.17) is 0 Å². The minimum Gasteiger partial charge on any atom is -0.381 e. The van der Waals surface area contributed by atoms with Crippen molar-refractivity contribution in [1.82, 2.24) is 9.97 Å². The maximum Gasteiger partial charge on any atom is 0.214 e. The molecule has 0 spiro atoms. The molecule has 0 aromatic carbocycles. The summed E-state index contributed by atoms with van der Waals surface area (Å²) in [5.41, 5.74) is 1.80. The maximum atomic E-state index is 12.9. The SMILES string of the molecule is CN(C)c1cc(CNc2ccnc(F)c2)ccn1. The Morgan fingerprint density at radius 3 is 2.67 bits per heavy atom. The molecule has 0 fully saturated rings. The van der Waals surface area contributed by atoms with E-state index in [1.165, 1.54) is 12.3 Å². The van der Waals surface area contributed by atoms with Crippen LogP contribution in [0.15, 0.2) is 36.7 Å². The van der Waals surface area contributed by atoms with Gasteiger partial charge in [0.25, 0.3) is 0 Å². The standard InChI is InChI=1S/C13H15FN4/c1-18(2)13-7-10(3-5-16-13)9-17-11-4-6-15-12(14)8-11/h3-8H,9H2,1-2H3,(H,15,17). The zero-order valence-electron chi connectivity index (χ0n) is 10.4. The van der Waals surface area contributed by atoms with Crippen LogP contribution in [0.2, 0.25) is 0 Å². The molecule has 5 heteroatoms. The number of aromatic nitrogens is 2. The summed E-state index contributed by atoms with van der Waals surface area (Å²) < 4.78 is 12.9. The highest BCUT2D eigenvalue weighted by Crippen LogP contribution is 2.12. The Hall–Kier alpha value is -2.17. The van der Waals surface area contributed by atoms with Crippen LogP contribution in [0.1, 0.15) is 5.56 Å². The number of rotatable bonds is 4. The average molecular weight is 246 g/mol. The van der Waals surface area contributed by atoms with Crippen molar-refractivity contribution in [2.45, 2.75) is 6.54 Å². The third-order valence-electron chi connectivity index (χ3n) is 2.49. The molecule has 94 valence electrons. The highest BCUT2D eigenvalue weighted by atomic mass is 19.1. The van der Waals surface area contributed by atoms with Crippen LogP contribution >= 0.6 is 0 Å². The fourth-order valence-corrected chi connectivity index (χ4v) is 1.53. The highest BCUT2D eigenvalue weighted by molar-refractivity contribution is 5.44. The largest absolute Gasteiger partial charge is 0.381 e. The smallest absolute Gasteiger partial charge is 0.214 e. The third kappa shape index (κ3) is 3.16. The summed E-state index contributed by atoms with van der Waals surface area (Å²) in [6.07, 6.45) is 3.20. The second kappa shape index (κ2) is 5.44. The Kier molecular flexibility index (Phi) is 3.72. The summed E-state index contributed by atoms with van der Waals surface area (Å²) >= 11 is 0. The van der Waals surface area contributed by atoms with E-state index in [1.807, 2.05) is 31.1 Å². The van der Waals surface area contributed by atoms with Crippen LogP contribution < -0.4 is 10.2 Å². The third-order valence-corrected chi connectivity index (χ3v) is 2.49. The van der Waals surface area contributed by atoms with Gasteiger partial charge in [0.1, 0.15) is 5.82 Å². The predicted molar refractivity (Wildman–Crippen MR) is 70.1 cm³/mol. The van der Waals surface area contributed by atoms with Gasteiger partial charge >= 0.3 is 0 Å². The number of hydrogen-bond donors (Lipinski definition) is 1. The van der Waals surface area contributed by atoms with Gasteiger partial charge in [-0.3, -0.25) is 0 Å². The molecule has 0 amide bonds. The molecule has 2 aromatic rings. The van der Waals surface area contributed by atoms with E-state index >= 15 is 0 Å². The number of hydrogen-bond acceptors (Lipinski definition) is 4. The van der Waals surface area contributed by atoms with Crippen molar-refractivity contribution in [1.29, 1.82) is 0 Å². The molecule has 0 bridgehead atoms. The molecule has 2 heterocycles. The van der Waals surface area contributed by atoms with Crippen LogP contribution in [0.3, 0.4) is 0 Å². The van der Waals surface area contributed by atoms with Crippen molar-refractivity contribution in [3.8, 4) is 0 Å². The number of nitrogens with one attached hydrogen (secondary N) is 1. The zero-order valence-corrected chi connectivity index (χ0v) is 10.4. The molecule has 0 atom stereocenters. The minimum absolute atomic E-state index is 0.483. The summed E-state index contributed by atoms with van der Waals surface area (Å²) in [4.78, 5) is 9.69. The Balaban J connectivity index is 2.04. The van der Waals surface area contributed by atoms with Crippen molar-refractivity contribution >= 4 is 11.5 Å². The fraction of sp³-hybridized carbons (Fsp3) is 0.231. The minimum atomic E-state index is -0.483. The zero-order chi connectivity index (χ0) is 13.0. The Labute approximate surface area is 105 Å². The normalized spacial score (nSPS) is 10.2. The van der Waals surface area contributed by atoms with Crippen LogP contribution in [0, 0.1) is 5.95 Å². The lowest BCUT2D eigenvalue weighted by atomic mass is 10.2. The van der Waals surface area contributed by atoms with Gasteiger partial charge in [0.2, 0.25) is 5.95 Å². The van der Waals surface area contributed by atoms with Crippen LogP contribution in [0.25, 0.3) is 0 Å². The van der Waals surface area contributed by atoms with Gasteiger partial charge in [-0.25, -0.2) is 9.97 Å². The topological polar surface area (TPSA) is 41.0 Å². The number of halogens is 1. The molecule has 0 unspecified atom stereocenters. The second-order valence-electron chi connectivity index (χ2n) is 4.14. The fourth-order valence-electron chi connectivity index (χ4n) is 1.53. The summed E-state index contributed by atoms with van der Waals surface area (Å²) in [7, 11) is 3.88. The summed E-state index contributed by atoms with van der Waals surface area (Å²) in [5, 5.41) is 3.14. The molecule has 0 saturated carbocycles. The number of pyridine rings is 2. The van der Waals surface area contributed by atoms with E-state index in [0.717, 1.165) is 11.4 Å². The molecule has 0 saturated heterocycles. The van der Waals surface area contributed by atoms with Gasteiger partial charge in [-0.2, -0.15) is 4.39 Å². The second-order valence-corrected chi connectivity index (χ2v) is 4.14. The quantitative estimate of drug-likeness (QED) is 0.840. The monoisotopic (exact) mass is 246 g/mol. The van der Waals surface area contributed by atoms with Crippen LogP contribution in [0.5, 0.6) is 0 Å². The molecule has 4 nitrogen and oxygen atoms in total. The van der Waals surface area contributed by atoms with Crippen molar-refractivity contribution < 1.29 is 4.39 Å². The van der Waals surface area contributed by atoms with E-state index in [0.29, 0.717) is 12.2 Å². The Morgan fingerprint density at radius 1 is 1.17 bits per heavy atom. The number of nitrogens with zero attached hydrogens (tertiary/aromatic N) is 3. The van der Waals surface area contributed by atoms with Crippen molar-refractivity contribution in [3.63, 3.8) is 0 Å². The van der Waals surface area contributed by atoms with Crippen LogP contribution in [-0.4, -0.2) is 24.1 Å². The lowest BCUT2D eigenvalue weighted by molar-refractivity contribution is 0.584. The van der Waals surface area contributed by atoms with Gasteiger partial charge in [-0.15, -0.1) is 0 Å². The molecule has 2 rings (SSSR count). The van der Waals surface area contributed by atoms with Gasteiger partial charge in [-0.1, -0.05) is 0 Å². The predicted octanol–water partition coefficient (Wildman–Crippen LogP) is 2.29. The average Bonchev–Trinajstić information content (AvgIpc) is 2.37. The summed E-state index contributed by atoms with van der Waals surface area (Å²) in [6.45, 7) is 0.618. The summed E-state index contributed by atoms with van der Waals surface area (Å²) in [6, 6.07) is 7.02. The first-order valence-electron chi connectivity index (χ1n) is 5.63. The van der Waals surface area contributed by atoms with E-state index in [1.54, 1.807) is 12.3 Å². The van der Waals surface area contributed by atoms with Gasteiger partial charge < -0.3 is 10.2 Å². The molecule has 0 radical (unpaired) electrons. The molecule has 18 heavy (non-hydrogen) atoms. The molecular weight excluding hydrogens is 231 g/mol. The van der Waals surface area contributed by atoms with Gasteiger partial charge in [0.05, 0.1) is 0 Å². The van der Waals surface area contributed by atoms with Crippen LogP contribution in [0.4, 0.5) is 15.9 Å². The molecule has 1 N–H and O–H groups in total. The maximum absolute atomic E-state index is 12.9. The highest BCUT2D eigenvalue weighted by Gasteiger charge is 2.00. The van der Waals surface area contributed by atoms with Gasteiger partial charge in [0.15, 0.2) is 0 Å². The molecule has 0 aliphatic heterocycles. The first-order valence-corrected chi connectivity index (χ1v) is 5.63.